The highest BCUT2D eigenvalue weighted by Gasteiger charge is 2.25. The molecule has 1 atom stereocenters. The average Bonchev–Trinajstić information content (AvgIpc) is 2.97. The Balaban J connectivity index is 1.89. The maximum Gasteiger partial charge on any atom is 0.420 e. The van der Waals surface area contributed by atoms with E-state index in [1.807, 2.05) is 30.3 Å². The maximum absolute atomic E-state index is 12.5. The van der Waals surface area contributed by atoms with E-state index in [0.717, 1.165) is 5.56 Å². The summed E-state index contributed by atoms with van der Waals surface area (Å²) in [6.45, 7) is 3.37. The number of hydrogen-bond acceptors (Lipinski definition) is 5. The van der Waals surface area contributed by atoms with Crippen molar-refractivity contribution in [1.29, 1.82) is 0 Å². The molecular weight excluding hydrogens is 334 g/mol. The molecule has 134 valence electrons. The Morgan fingerprint density at radius 1 is 1.15 bits per heavy atom. The molecule has 3 aromatic rings. The van der Waals surface area contributed by atoms with Gasteiger partial charge in [0.15, 0.2) is 11.4 Å². The number of fused-ring (bicyclic) bond motifs is 1. The number of benzene rings is 2. The van der Waals surface area contributed by atoms with Crippen LogP contribution in [0.1, 0.15) is 42.2 Å². The van der Waals surface area contributed by atoms with Crippen LogP contribution in [0.25, 0.3) is 11.1 Å². The minimum absolute atomic E-state index is 0.128. The Kier molecular flexibility index (Phi) is 5.02. The molecule has 3 rings (SSSR count). The van der Waals surface area contributed by atoms with Crippen LogP contribution in [-0.2, 0) is 16.1 Å². The molecule has 26 heavy (non-hydrogen) atoms. The Morgan fingerprint density at radius 3 is 2.54 bits per heavy atom. The first-order valence-electron chi connectivity index (χ1n) is 8.38. The lowest BCUT2D eigenvalue weighted by atomic mass is 10.1. The van der Waals surface area contributed by atoms with Gasteiger partial charge < -0.3 is 9.15 Å². The van der Waals surface area contributed by atoms with Crippen molar-refractivity contribution in [3.05, 3.63) is 70.2 Å². The lowest BCUT2D eigenvalue weighted by Gasteiger charge is -2.15. The highest BCUT2D eigenvalue weighted by Crippen LogP contribution is 2.22. The molecule has 0 radical (unpaired) electrons. The van der Waals surface area contributed by atoms with E-state index in [1.54, 1.807) is 19.1 Å². The molecule has 2 aromatic carbocycles. The quantitative estimate of drug-likeness (QED) is 0.501. The fraction of sp³-hybridized carbons (Fsp3) is 0.250. The fourth-order valence-corrected chi connectivity index (χ4v) is 2.83. The van der Waals surface area contributed by atoms with Gasteiger partial charge in [0, 0.05) is 5.56 Å². The van der Waals surface area contributed by atoms with Gasteiger partial charge in [-0.15, -0.1) is 0 Å². The van der Waals surface area contributed by atoms with Crippen LogP contribution >= 0.6 is 0 Å². The molecule has 0 aliphatic rings. The summed E-state index contributed by atoms with van der Waals surface area (Å²) in [6.07, 6.45) is 0.372. The topological polar surface area (TPSA) is 78.5 Å². The van der Waals surface area contributed by atoms with Crippen LogP contribution in [-0.4, -0.2) is 16.3 Å². The summed E-state index contributed by atoms with van der Waals surface area (Å²) in [5.41, 5.74) is 2.05. The number of carbonyl (C=O) groups excluding carboxylic acids is 2. The van der Waals surface area contributed by atoms with Crippen molar-refractivity contribution in [2.75, 3.05) is 0 Å². The molecule has 1 aromatic heterocycles. The average molecular weight is 353 g/mol. The summed E-state index contributed by atoms with van der Waals surface area (Å²) in [5.74, 6) is -1.28. The second-order valence-corrected chi connectivity index (χ2v) is 5.99. The molecule has 6 nitrogen and oxygen atoms in total. The van der Waals surface area contributed by atoms with Gasteiger partial charge in [-0.1, -0.05) is 37.3 Å². The van der Waals surface area contributed by atoms with Crippen LogP contribution in [0.3, 0.4) is 0 Å². The van der Waals surface area contributed by atoms with E-state index in [4.69, 9.17) is 9.15 Å². The molecule has 0 saturated carbocycles. The van der Waals surface area contributed by atoms with E-state index in [9.17, 15) is 14.4 Å². The summed E-state index contributed by atoms with van der Waals surface area (Å²) >= 11 is 0. The second-order valence-electron chi connectivity index (χ2n) is 5.99. The number of hydrogen-bond donors (Lipinski definition) is 0. The number of carbonyl (C=O) groups is 2. The smallest absolute Gasteiger partial charge is 0.420 e. The summed E-state index contributed by atoms with van der Waals surface area (Å²) in [4.78, 5) is 36.3. The van der Waals surface area contributed by atoms with Crippen LogP contribution < -0.4 is 5.76 Å². The zero-order chi connectivity index (χ0) is 18.7. The van der Waals surface area contributed by atoms with Crippen LogP contribution in [0.5, 0.6) is 0 Å². The number of Topliss-reactive ketones (excluding diaryl/α,β-unsaturated/α-hetero) is 1. The first kappa shape index (κ1) is 17.7. The lowest BCUT2D eigenvalue weighted by Crippen LogP contribution is -2.28. The van der Waals surface area contributed by atoms with Gasteiger partial charge >= 0.3 is 11.7 Å². The predicted octanol–water partition coefficient (Wildman–Crippen LogP) is 3.49. The fourth-order valence-electron chi connectivity index (χ4n) is 2.83. The lowest BCUT2D eigenvalue weighted by molar-refractivity contribution is -0.149. The standard InChI is InChI=1S/C20H19NO5/c1-3-16(19(23)25-12-14-7-5-4-6-8-14)21-17-10-9-15(13(2)22)11-18(17)26-20(21)24/h4-11,16H,3,12H2,1-2H3. The van der Waals surface area contributed by atoms with Gasteiger partial charge in [-0.3, -0.25) is 9.36 Å². The van der Waals surface area contributed by atoms with Crippen LogP contribution in [0, 0.1) is 0 Å². The molecule has 1 unspecified atom stereocenters. The number of ketones is 1. The van der Waals surface area contributed by atoms with Crippen LogP contribution in [0.15, 0.2) is 57.7 Å². The van der Waals surface area contributed by atoms with E-state index >= 15 is 0 Å². The third kappa shape index (κ3) is 3.44. The Morgan fingerprint density at radius 2 is 1.88 bits per heavy atom. The minimum Gasteiger partial charge on any atom is -0.459 e. The van der Waals surface area contributed by atoms with Crippen LogP contribution in [0.2, 0.25) is 0 Å². The molecule has 1 heterocycles. The van der Waals surface area contributed by atoms with Crippen molar-refractivity contribution in [3.8, 4) is 0 Å². The largest absolute Gasteiger partial charge is 0.459 e. The van der Waals surface area contributed by atoms with Gasteiger partial charge in [0.2, 0.25) is 0 Å². The minimum atomic E-state index is -0.796. The number of nitrogens with zero attached hydrogens (tertiary/aromatic N) is 1. The highest BCUT2D eigenvalue weighted by atomic mass is 16.5. The molecule has 0 amide bonds. The molecule has 0 spiro atoms. The van der Waals surface area contributed by atoms with Gasteiger partial charge in [0.05, 0.1) is 5.52 Å². The summed E-state index contributed by atoms with van der Waals surface area (Å²) in [5, 5.41) is 0. The van der Waals surface area contributed by atoms with Gasteiger partial charge in [-0.05, 0) is 37.1 Å². The van der Waals surface area contributed by atoms with Crippen molar-refractivity contribution in [1.82, 2.24) is 4.57 Å². The van der Waals surface area contributed by atoms with E-state index < -0.39 is 17.8 Å². The molecule has 0 fully saturated rings. The first-order valence-corrected chi connectivity index (χ1v) is 8.38. The normalized spacial score (nSPS) is 12.1. The number of esters is 1. The Labute approximate surface area is 150 Å². The first-order chi connectivity index (χ1) is 12.5. The molecule has 0 saturated heterocycles. The monoisotopic (exact) mass is 353 g/mol. The number of rotatable bonds is 6. The van der Waals surface area contributed by atoms with Gasteiger partial charge in [0.1, 0.15) is 12.6 Å². The van der Waals surface area contributed by atoms with Gasteiger partial charge in [-0.25, -0.2) is 9.59 Å². The zero-order valence-corrected chi connectivity index (χ0v) is 14.6. The number of aromatic nitrogens is 1. The van der Waals surface area contributed by atoms with E-state index in [0.29, 0.717) is 17.5 Å². The second kappa shape index (κ2) is 7.39. The molecule has 0 bridgehead atoms. The molecular formula is C20H19NO5. The molecule has 0 N–H and O–H groups in total. The highest BCUT2D eigenvalue weighted by molar-refractivity contribution is 5.97. The Bertz CT molecular complexity index is 1000. The number of oxazole rings is 1. The molecule has 0 aliphatic heterocycles. The van der Waals surface area contributed by atoms with Crippen molar-refractivity contribution in [3.63, 3.8) is 0 Å². The zero-order valence-electron chi connectivity index (χ0n) is 14.6. The summed E-state index contributed by atoms with van der Waals surface area (Å²) in [6, 6.07) is 13.3. The summed E-state index contributed by atoms with van der Waals surface area (Å²) in [7, 11) is 0. The van der Waals surface area contributed by atoms with E-state index in [1.165, 1.54) is 17.6 Å². The Hall–Kier alpha value is -3.15. The van der Waals surface area contributed by atoms with Crippen molar-refractivity contribution >= 4 is 22.9 Å². The van der Waals surface area contributed by atoms with E-state index in [2.05, 4.69) is 0 Å². The van der Waals surface area contributed by atoms with Crippen molar-refractivity contribution in [2.45, 2.75) is 32.9 Å². The number of ether oxygens (including phenoxy) is 1. The third-order valence-corrected chi connectivity index (χ3v) is 4.21. The SMILES string of the molecule is CCC(C(=O)OCc1ccccc1)n1c(=O)oc2cc(C(C)=O)ccc21. The predicted molar refractivity (Wildman–Crippen MR) is 96.0 cm³/mol. The molecule has 0 aliphatic carbocycles. The van der Waals surface area contributed by atoms with Crippen LogP contribution in [0.4, 0.5) is 0 Å². The molecule has 6 heteroatoms. The van der Waals surface area contributed by atoms with Crippen molar-refractivity contribution in [2.24, 2.45) is 0 Å². The summed E-state index contributed by atoms with van der Waals surface area (Å²) < 4.78 is 11.9. The third-order valence-electron chi connectivity index (χ3n) is 4.21. The van der Waals surface area contributed by atoms with Gasteiger partial charge in [0.25, 0.3) is 0 Å². The van der Waals surface area contributed by atoms with E-state index in [-0.39, 0.29) is 18.0 Å². The van der Waals surface area contributed by atoms with Gasteiger partial charge in [-0.2, -0.15) is 0 Å². The maximum atomic E-state index is 12.5. The van der Waals surface area contributed by atoms with Crippen molar-refractivity contribution < 1.29 is 18.7 Å².